The average Bonchev–Trinajstić information content (AvgIpc) is 2.83. The van der Waals surface area contributed by atoms with Gasteiger partial charge in [-0.3, -0.25) is 5.41 Å². The van der Waals surface area contributed by atoms with E-state index in [1.807, 2.05) is 0 Å². The Morgan fingerprint density at radius 2 is 1.50 bits per heavy atom. The minimum atomic E-state index is 0.186. The molecule has 0 aromatic heterocycles. The second-order valence-electron chi connectivity index (χ2n) is 5.36. The van der Waals surface area contributed by atoms with E-state index in [4.69, 9.17) is 5.41 Å². The van der Waals surface area contributed by atoms with Crippen LogP contribution in [-0.4, -0.2) is 12.5 Å². The molecule has 0 bridgehead atoms. The summed E-state index contributed by atoms with van der Waals surface area (Å²) in [5.41, 5.74) is 4.80. The van der Waals surface area contributed by atoms with Crippen LogP contribution in [0.4, 0.5) is 5.69 Å². The highest BCUT2D eigenvalue weighted by Gasteiger charge is 2.30. The number of hydrogen-bond acceptors (Lipinski definition) is 1. The van der Waals surface area contributed by atoms with E-state index in [1.54, 1.807) is 0 Å². The highest BCUT2D eigenvalue weighted by molar-refractivity contribution is 5.96. The first-order chi connectivity index (χ1) is 9.65. The lowest BCUT2D eigenvalue weighted by Crippen LogP contribution is -2.30. The fourth-order valence-electron chi connectivity index (χ4n) is 2.60. The molecule has 1 aliphatic heterocycles. The van der Waals surface area contributed by atoms with Gasteiger partial charge in [-0.15, -0.1) is 0 Å². The van der Waals surface area contributed by atoms with Crippen molar-refractivity contribution >= 4 is 11.6 Å². The fourth-order valence-corrected chi connectivity index (χ4v) is 2.60. The van der Waals surface area contributed by atoms with Gasteiger partial charge in [-0.25, -0.2) is 0 Å². The highest BCUT2D eigenvalue weighted by atomic mass is 15.4. The van der Waals surface area contributed by atoms with Gasteiger partial charge >= 0.3 is 0 Å². The number of benzene rings is 2. The topological polar surface area (TPSA) is 39.1 Å². The van der Waals surface area contributed by atoms with Gasteiger partial charge in [-0.2, -0.15) is 0 Å². The maximum absolute atomic E-state index is 8.13. The third-order valence-corrected chi connectivity index (χ3v) is 3.79. The van der Waals surface area contributed by atoms with Gasteiger partial charge in [0.2, 0.25) is 0 Å². The molecule has 3 heteroatoms. The molecule has 0 radical (unpaired) electrons. The largest absolute Gasteiger partial charge is 0.354 e. The van der Waals surface area contributed by atoms with E-state index >= 15 is 0 Å². The van der Waals surface area contributed by atoms with Gasteiger partial charge in [0, 0.05) is 12.2 Å². The molecule has 1 fully saturated rings. The first kappa shape index (κ1) is 12.7. The van der Waals surface area contributed by atoms with Crippen LogP contribution in [0.3, 0.4) is 0 Å². The van der Waals surface area contributed by atoms with Gasteiger partial charge in [0.25, 0.3) is 0 Å². The summed E-state index contributed by atoms with van der Waals surface area (Å²) >= 11 is 0. The quantitative estimate of drug-likeness (QED) is 0.873. The Hall–Kier alpha value is -2.29. The summed E-state index contributed by atoms with van der Waals surface area (Å²) < 4.78 is 0. The Kier molecular flexibility index (Phi) is 3.18. The molecule has 20 heavy (non-hydrogen) atoms. The van der Waals surface area contributed by atoms with Gasteiger partial charge in [0.05, 0.1) is 6.04 Å². The summed E-state index contributed by atoms with van der Waals surface area (Å²) in [7, 11) is 0. The zero-order valence-electron chi connectivity index (χ0n) is 11.9. The second kappa shape index (κ2) is 5.00. The van der Waals surface area contributed by atoms with Crippen molar-refractivity contribution in [1.82, 2.24) is 5.32 Å². The van der Waals surface area contributed by atoms with E-state index in [0.717, 1.165) is 12.2 Å². The number of guanidine groups is 1. The minimum absolute atomic E-state index is 0.186. The normalized spacial score (nSPS) is 18.2. The van der Waals surface area contributed by atoms with Crippen LogP contribution in [0.5, 0.6) is 0 Å². The Labute approximate surface area is 119 Å². The predicted molar refractivity (Wildman–Crippen MR) is 83.3 cm³/mol. The van der Waals surface area contributed by atoms with Crippen molar-refractivity contribution in [3.05, 3.63) is 65.2 Å². The number of anilines is 1. The standard InChI is InChI=1S/C17H19N3/c1-12-3-7-14(8-4-12)16-11-19-17(18)20(16)15-9-5-13(2)6-10-15/h3-10,16H,11H2,1-2H3,(H2,18,19). The molecule has 3 nitrogen and oxygen atoms in total. The molecular formula is C17H19N3. The van der Waals surface area contributed by atoms with Crippen molar-refractivity contribution in [3.63, 3.8) is 0 Å². The number of aryl methyl sites for hydroxylation is 2. The lowest BCUT2D eigenvalue weighted by atomic mass is 10.0. The van der Waals surface area contributed by atoms with Gasteiger partial charge in [0.1, 0.15) is 0 Å². The van der Waals surface area contributed by atoms with Crippen molar-refractivity contribution < 1.29 is 0 Å². The van der Waals surface area contributed by atoms with E-state index < -0.39 is 0 Å². The third-order valence-electron chi connectivity index (χ3n) is 3.79. The molecule has 2 N–H and O–H groups in total. The van der Waals surface area contributed by atoms with Crippen LogP contribution in [-0.2, 0) is 0 Å². The highest BCUT2D eigenvalue weighted by Crippen LogP contribution is 2.30. The van der Waals surface area contributed by atoms with E-state index in [2.05, 4.69) is 72.6 Å². The third kappa shape index (κ3) is 2.27. The smallest absolute Gasteiger partial charge is 0.196 e. The van der Waals surface area contributed by atoms with Crippen LogP contribution in [0.15, 0.2) is 48.5 Å². The average molecular weight is 265 g/mol. The van der Waals surface area contributed by atoms with Crippen molar-refractivity contribution in [2.45, 2.75) is 19.9 Å². The van der Waals surface area contributed by atoms with Crippen molar-refractivity contribution in [2.75, 3.05) is 11.4 Å². The SMILES string of the molecule is Cc1ccc(C2CNC(=N)N2c2ccc(C)cc2)cc1. The number of rotatable bonds is 2. The van der Waals surface area contributed by atoms with Gasteiger partial charge in [-0.1, -0.05) is 47.5 Å². The Morgan fingerprint density at radius 1 is 0.950 bits per heavy atom. The minimum Gasteiger partial charge on any atom is -0.354 e. The summed E-state index contributed by atoms with van der Waals surface area (Å²) in [5.74, 6) is 0.472. The van der Waals surface area contributed by atoms with Crippen LogP contribution >= 0.6 is 0 Å². The molecule has 1 saturated heterocycles. The fraction of sp³-hybridized carbons (Fsp3) is 0.235. The number of nitrogens with one attached hydrogen (secondary N) is 2. The Balaban J connectivity index is 1.96. The lowest BCUT2D eigenvalue weighted by molar-refractivity contribution is 0.756. The van der Waals surface area contributed by atoms with Crippen LogP contribution < -0.4 is 10.2 Å². The summed E-state index contributed by atoms with van der Waals surface area (Å²) in [6.45, 7) is 4.95. The second-order valence-corrected chi connectivity index (χ2v) is 5.36. The molecule has 0 amide bonds. The Bertz CT molecular complexity index is 614. The molecule has 0 saturated carbocycles. The van der Waals surface area contributed by atoms with E-state index in [1.165, 1.54) is 16.7 Å². The molecular weight excluding hydrogens is 246 g/mol. The molecule has 0 spiro atoms. The van der Waals surface area contributed by atoms with Gasteiger partial charge in [-0.05, 0) is 31.5 Å². The summed E-state index contributed by atoms with van der Waals surface area (Å²) in [5, 5.41) is 11.3. The zero-order valence-corrected chi connectivity index (χ0v) is 11.9. The van der Waals surface area contributed by atoms with Crippen LogP contribution in [0, 0.1) is 19.3 Å². The van der Waals surface area contributed by atoms with Crippen molar-refractivity contribution in [2.24, 2.45) is 0 Å². The maximum atomic E-state index is 8.13. The molecule has 1 aliphatic rings. The van der Waals surface area contributed by atoms with Gasteiger partial charge < -0.3 is 10.2 Å². The molecule has 2 aromatic rings. The van der Waals surface area contributed by atoms with Crippen molar-refractivity contribution in [1.29, 1.82) is 5.41 Å². The summed E-state index contributed by atoms with van der Waals surface area (Å²) in [6.07, 6.45) is 0. The van der Waals surface area contributed by atoms with E-state index in [-0.39, 0.29) is 6.04 Å². The van der Waals surface area contributed by atoms with E-state index in [9.17, 15) is 0 Å². The molecule has 2 aromatic carbocycles. The van der Waals surface area contributed by atoms with E-state index in [0.29, 0.717) is 5.96 Å². The van der Waals surface area contributed by atoms with Crippen LogP contribution in [0.1, 0.15) is 22.7 Å². The van der Waals surface area contributed by atoms with Gasteiger partial charge in [0.15, 0.2) is 5.96 Å². The summed E-state index contributed by atoms with van der Waals surface area (Å²) in [4.78, 5) is 2.06. The maximum Gasteiger partial charge on any atom is 0.196 e. The number of hydrogen-bond donors (Lipinski definition) is 2. The first-order valence-electron chi connectivity index (χ1n) is 6.90. The predicted octanol–water partition coefficient (Wildman–Crippen LogP) is 3.39. The summed E-state index contributed by atoms with van der Waals surface area (Å²) in [6, 6.07) is 17.1. The first-order valence-corrected chi connectivity index (χ1v) is 6.90. The molecule has 102 valence electrons. The zero-order chi connectivity index (χ0) is 14.1. The molecule has 1 atom stereocenters. The monoisotopic (exact) mass is 265 g/mol. The Morgan fingerprint density at radius 3 is 2.10 bits per heavy atom. The molecule has 0 aliphatic carbocycles. The molecule has 1 unspecified atom stereocenters. The van der Waals surface area contributed by atoms with Crippen LogP contribution in [0.2, 0.25) is 0 Å². The van der Waals surface area contributed by atoms with Crippen LogP contribution in [0.25, 0.3) is 0 Å². The van der Waals surface area contributed by atoms with Crippen molar-refractivity contribution in [3.8, 4) is 0 Å². The lowest BCUT2D eigenvalue weighted by Gasteiger charge is -2.25. The molecule has 3 rings (SSSR count). The number of nitrogens with zero attached hydrogens (tertiary/aromatic N) is 1. The molecule has 1 heterocycles.